The summed E-state index contributed by atoms with van der Waals surface area (Å²) in [5.41, 5.74) is 1.07. The van der Waals surface area contributed by atoms with E-state index in [-0.39, 0.29) is 5.06 Å². The fourth-order valence-corrected chi connectivity index (χ4v) is 2.38. The lowest BCUT2D eigenvalue weighted by molar-refractivity contribution is -0.365. The highest BCUT2D eigenvalue weighted by molar-refractivity contribution is 6.16. The second kappa shape index (κ2) is 4.99. The van der Waals surface area contributed by atoms with Crippen LogP contribution in [0.15, 0.2) is 48.6 Å². The zero-order valence-corrected chi connectivity index (χ0v) is 11.3. The molecule has 1 N–H and O–H groups in total. The number of nitrogens with zero attached hydrogens (tertiary/aromatic N) is 2. The Morgan fingerprint density at radius 1 is 1.19 bits per heavy atom. The smallest absolute Gasteiger partial charge is 0.497 e. The van der Waals surface area contributed by atoms with E-state index in [1.54, 1.807) is 55.7 Å². The number of amides is 3. The predicted molar refractivity (Wildman–Crippen MR) is 73.7 cm³/mol. The summed E-state index contributed by atoms with van der Waals surface area (Å²) in [6.07, 6.45) is 6.79. The fraction of sp³-hybridized carbons (Fsp3) is 0.133. The van der Waals surface area contributed by atoms with Crippen LogP contribution in [0, 0.1) is 5.92 Å². The van der Waals surface area contributed by atoms with Crippen LogP contribution in [0.1, 0.15) is 0 Å². The van der Waals surface area contributed by atoms with Crippen LogP contribution in [0.3, 0.4) is 0 Å². The van der Waals surface area contributed by atoms with Crippen molar-refractivity contribution in [3.05, 3.63) is 48.6 Å². The standard InChI is InChI=1S/C15H13N2O4/c1-21-11-8-6-10(7-9-11)16-13-5-3-2-4-12(13)14(18)17(20)15(16)19/h2-9,12,20H,1H3/q+1. The van der Waals surface area contributed by atoms with Crippen LogP contribution >= 0.6 is 0 Å². The van der Waals surface area contributed by atoms with E-state index in [1.165, 1.54) is 4.58 Å². The van der Waals surface area contributed by atoms with Crippen molar-refractivity contribution in [3.8, 4) is 5.75 Å². The van der Waals surface area contributed by atoms with Crippen LogP contribution in [0.5, 0.6) is 5.75 Å². The maximum absolute atomic E-state index is 12.2. The Bertz CT molecular complexity index is 701. The predicted octanol–water partition coefficient (Wildman–Crippen LogP) is 1.87. The van der Waals surface area contributed by atoms with Crippen molar-refractivity contribution >= 4 is 23.3 Å². The molecular weight excluding hydrogens is 272 g/mol. The molecule has 0 saturated carbocycles. The fourth-order valence-electron chi connectivity index (χ4n) is 2.38. The summed E-state index contributed by atoms with van der Waals surface area (Å²) < 4.78 is 6.39. The topological polar surface area (TPSA) is 69.8 Å². The van der Waals surface area contributed by atoms with E-state index in [9.17, 15) is 14.8 Å². The lowest BCUT2D eigenvalue weighted by Gasteiger charge is -2.22. The van der Waals surface area contributed by atoms with Gasteiger partial charge < -0.3 is 4.74 Å². The summed E-state index contributed by atoms with van der Waals surface area (Å²) in [4.78, 5) is 24.2. The molecule has 0 saturated heterocycles. The average molecular weight is 285 g/mol. The van der Waals surface area contributed by atoms with Crippen molar-refractivity contribution < 1.29 is 24.1 Å². The van der Waals surface area contributed by atoms with Crippen molar-refractivity contribution in [3.63, 3.8) is 0 Å². The van der Waals surface area contributed by atoms with Crippen LogP contribution in [-0.2, 0) is 4.79 Å². The number of ether oxygens (including phenoxy) is 1. The molecule has 3 amide bonds. The number of hydroxylamine groups is 2. The van der Waals surface area contributed by atoms with Crippen LogP contribution in [0.25, 0.3) is 0 Å². The molecule has 1 aliphatic heterocycles. The number of fused-ring (bicyclic) bond motifs is 1. The second-order valence-electron chi connectivity index (χ2n) is 4.61. The lowest BCUT2D eigenvalue weighted by Crippen LogP contribution is -2.51. The third kappa shape index (κ3) is 2.05. The summed E-state index contributed by atoms with van der Waals surface area (Å²) in [7, 11) is 1.55. The molecule has 1 aliphatic carbocycles. The number of hydrogen-bond donors (Lipinski definition) is 1. The summed E-state index contributed by atoms with van der Waals surface area (Å²) in [5, 5.41) is 9.87. The summed E-state index contributed by atoms with van der Waals surface area (Å²) >= 11 is 0. The maximum Gasteiger partial charge on any atom is 0.537 e. The summed E-state index contributed by atoms with van der Waals surface area (Å²) in [6, 6.07) is 6.00. The van der Waals surface area contributed by atoms with E-state index >= 15 is 0 Å². The largest absolute Gasteiger partial charge is 0.537 e. The zero-order valence-electron chi connectivity index (χ0n) is 11.3. The molecule has 1 unspecified atom stereocenters. The number of methoxy groups -OCH3 is 1. The van der Waals surface area contributed by atoms with Crippen molar-refractivity contribution in [1.82, 2.24) is 5.06 Å². The van der Waals surface area contributed by atoms with Gasteiger partial charge in [-0.3, -0.25) is 0 Å². The molecular formula is C15H13N2O4+. The second-order valence-corrected chi connectivity index (χ2v) is 4.61. The lowest BCUT2D eigenvalue weighted by atomic mass is 9.95. The highest BCUT2D eigenvalue weighted by Crippen LogP contribution is 2.25. The minimum Gasteiger partial charge on any atom is -0.497 e. The molecule has 0 fully saturated rings. The van der Waals surface area contributed by atoms with E-state index in [2.05, 4.69) is 0 Å². The Hall–Kier alpha value is -2.73. The molecule has 0 radical (unpaired) electrons. The minimum absolute atomic E-state index is 0.155. The highest BCUT2D eigenvalue weighted by atomic mass is 16.5. The van der Waals surface area contributed by atoms with Gasteiger partial charge in [-0.05, 0) is 35.4 Å². The molecule has 6 nitrogen and oxygen atoms in total. The van der Waals surface area contributed by atoms with Crippen LogP contribution in [0.2, 0.25) is 0 Å². The van der Waals surface area contributed by atoms with Crippen LogP contribution < -0.4 is 4.74 Å². The first-order valence-electron chi connectivity index (χ1n) is 6.36. The van der Waals surface area contributed by atoms with Crippen molar-refractivity contribution in [1.29, 1.82) is 0 Å². The molecule has 106 valence electrons. The number of rotatable bonds is 2. The van der Waals surface area contributed by atoms with E-state index in [0.717, 1.165) is 0 Å². The number of carbonyl (C=O) groups excluding carboxylic acids is 2. The Morgan fingerprint density at radius 2 is 1.90 bits per heavy atom. The van der Waals surface area contributed by atoms with Gasteiger partial charge in [-0.2, -0.15) is 14.6 Å². The molecule has 21 heavy (non-hydrogen) atoms. The van der Waals surface area contributed by atoms with Gasteiger partial charge in [0.25, 0.3) is 0 Å². The van der Waals surface area contributed by atoms with E-state index in [1.807, 2.05) is 0 Å². The average Bonchev–Trinajstić information content (AvgIpc) is 2.53. The van der Waals surface area contributed by atoms with Crippen LogP contribution in [0.4, 0.5) is 10.5 Å². The number of imide groups is 1. The first-order valence-corrected chi connectivity index (χ1v) is 6.36. The third-order valence-electron chi connectivity index (χ3n) is 3.44. The van der Waals surface area contributed by atoms with E-state index in [4.69, 9.17) is 4.74 Å². The monoisotopic (exact) mass is 285 g/mol. The van der Waals surface area contributed by atoms with Crippen molar-refractivity contribution in [2.45, 2.75) is 0 Å². The highest BCUT2D eigenvalue weighted by Gasteiger charge is 2.47. The number of carbonyl (C=O) groups is 2. The Kier molecular flexibility index (Phi) is 3.15. The molecule has 3 rings (SSSR count). The van der Waals surface area contributed by atoms with Crippen molar-refractivity contribution in [2.75, 3.05) is 7.11 Å². The summed E-state index contributed by atoms with van der Waals surface area (Å²) in [5.74, 6) is -0.666. The normalized spacial score (nSPS) is 20.9. The van der Waals surface area contributed by atoms with E-state index in [0.29, 0.717) is 17.1 Å². The van der Waals surface area contributed by atoms with Gasteiger partial charge in [-0.15, -0.1) is 0 Å². The molecule has 0 bridgehead atoms. The van der Waals surface area contributed by atoms with Gasteiger partial charge in [0, 0.05) is 0 Å². The number of hydrogen-bond acceptors (Lipinski definition) is 4. The molecule has 1 atom stereocenters. The summed E-state index contributed by atoms with van der Waals surface area (Å²) in [6.45, 7) is 0. The molecule has 1 aromatic rings. The number of benzene rings is 1. The molecule has 0 aromatic heterocycles. The Balaban J connectivity index is 2.16. The Morgan fingerprint density at radius 3 is 2.57 bits per heavy atom. The minimum atomic E-state index is -0.795. The maximum atomic E-state index is 12.2. The molecule has 1 heterocycles. The first kappa shape index (κ1) is 13.3. The SMILES string of the molecule is COc1ccc([N+]2=C3C=CC=CC3C(=O)N(O)C2=O)cc1. The van der Waals surface area contributed by atoms with Gasteiger partial charge in [0.1, 0.15) is 23.1 Å². The Labute approximate surface area is 120 Å². The third-order valence-corrected chi connectivity index (χ3v) is 3.44. The van der Waals surface area contributed by atoms with Gasteiger partial charge in [-0.1, -0.05) is 18.2 Å². The quantitative estimate of drug-likeness (QED) is 0.665. The molecule has 0 spiro atoms. The van der Waals surface area contributed by atoms with Gasteiger partial charge in [0.05, 0.1) is 7.11 Å². The molecule has 2 aliphatic rings. The molecule has 1 aromatic carbocycles. The van der Waals surface area contributed by atoms with Crippen molar-refractivity contribution in [2.24, 2.45) is 5.92 Å². The van der Waals surface area contributed by atoms with E-state index < -0.39 is 17.9 Å². The van der Waals surface area contributed by atoms with Gasteiger partial charge in [0.2, 0.25) is 0 Å². The first-order chi connectivity index (χ1) is 10.1. The zero-order chi connectivity index (χ0) is 15.0. The van der Waals surface area contributed by atoms with Gasteiger partial charge in [0.15, 0.2) is 0 Å². The number of urea groups is 1. The molecule has 6 heteroatoms. The van der Waals surface area contributed by atoms with Crippen LogP contribution in [-0.4, -0.2) is 39.6 Å². The van der Waals surface area contributed by atoms with Gasteiger partial charge in [-0.25, -0.2) is 4.79 Å². The van der Waals surface area contributed by atoms with Gasteiger partial charge >= 0.3 is 11.9 Å². The number of allylic oxidation sites excluding steroid dienone is 3.